The van der Waals surface area contributed by atoms with E-state index >= 15 is 0 Å². The number of hydrogen-bond acceptors (Lipinski definition) is 4. The van der Waals surface area contributed by atoms with E-state index in [0.717, 1.165) is 22.4 Å². The quantitative estimate of drug-likeness (QED) is 0.349. The van der Waals surface area contributed by atoms with Gasteiger partial charge in [0.2, 0.25) is 0 Å². The number of carboxylic acids is 1. The van der Waals surface area contributed by atoms with Crippen molar-refractivity contribution in [3.8, 4) is 22.4 Å². The zero-order chi connectivity index (χ0) is 23.6. The monoisotopic (exact) mass is 456 g/mol. The Balaban J connectivity index is 1.70. The van der Waals surface area contributed by atoms with Gasteiger partial charge in [0.25, 0.3) is 5.91 Å². The number of nitrogens with zero attached hydrogens (tertiary/aromatic N) is 1. The lowest BCUT2D eigenvalue weighted by molar-refractivity contribution is 0.0696. The Morgan fingerprint density at radius 2 is 1.61 bits per heavy atom. The summed E-state index contributed by atoms with van der Waals surface area (Å²) in [5.41, 5.74) is 4.99. The summed E-state index contributed by atoms with van der Waals surface area (Å²) in [5, 5.41) is 14.4. The number of carboxylic acid groups (broad SMARTS) is 1. The van der Waals surface area contributed by atoms with E-state index in [2.05, 4.69) is 31.1 Å². The van der Waals surface area contributed by atoms with E-state index in [9.17, 15) is 14.7 Å². The molecule has 0 bridgehead atoms. The Labute approximate surface area is 196 Å². The number of carbonyl (C=O) groups excluding carboxylic acids is 1. The van der Waals surface area contributed by atoms with E-state index < -0.39 is 5.97 Å². The van der Waals surface area contributed by atoms with Crippen molar-refractivity contribution in [1.29, 1.82) is 0 Å². The second kappa shape index (κ2) is 9.00. The molecule has 4 aromatic rings. The molecule has 0 radical (unpaired) electrons. The van der Waals surface area contributed by atoms with Gasteiger partial charge in [0, 0.05) is 16.5 Å². The van der Waals surface area contributed by atoms with Crippen LogP contribution in [0.5, 0.6) is 0 Å². The largest absolute Gasteiger partial charge is 0.478 e. The van der Waals surface area contributed by atoms with Crippen LogP contribution in [0.2, 0.25) is 0 Å². The van der Waals surface area contributed by atoms with Crippen molar-refractivity contribution in [2.45, 2.75) is 26.2 Å². The Bertz CT molecular complexity index is 1320. The zero-order valence-electron chi connectivity index (χ0n) is 18.6. The second-order valence-corrected chi connectivity index (χ2v) is 9.58. The Morgan fingerprint density at radius 1 is 0.909 bits per heavy atom. The third kappa shape index (κ3) is 4.86. The topological polar surface area (TPSA) is 79.3 Å². The smallest absolute Gasteiger partial charge is 0.335 e. The van der Waals surface area contributed by atoms with Crippen LogP contribution in [-0.2, 0) is 5.41 Å². The van der Waals surface area contributed by atoms with Crippen molar-refractivity contribution in [3.63, 3.8) is 0 Å². The van der Waals surface area contributed by atoms with Gasteiger partial charge in [-0.3, -0.25) is 4.79 Å². The van der Waals surface area contributed by atoms with Crippen LogP contribution in [0.25, 0.3) is 22.4 Å². The molecule has 0 fully saturated rings. The van der Waals surface area contributed by atoms with Crippen LogP contribution in [0.15, 0.2) is 78.2 Å². The maximum absolute atomic E-state index is 13.2. The minimum Gasteiger partial charge on any atom is -0.478 e. The van der Waals surface area contributed by atoms with Crippen molar-refractivity contribution in [2.24, 2.45) is 0 Å². The van der Waals surface area contributed by atoms with Crippen molar-refractivity contribution in [1.82, 2.24) is 4.98 Å². The summed E-state index contributed by atoms with van der Waals surface area (Å²) < 4.78 is 0. The van der Waals surface area contributed by atoms with Crippen LogP contribution in [0, 0.1) is 0 Å². The number of aromatic nitrogens is 1. The summed E-state index contributed by atoms with van der Waals surface area (Å²) in [6.07, 6.45) is 0. The summed E-state index contributed by atoms with van der Waals surface area (Å²) in [7, 11) is 0. The Kier molecular flexibility index (Phi) is 6.11. The predicted octanol–water partition coefficient (Wildman–Crippen LogP) is 6.73. The molecular formula is C27H24N2O3S. The molecule has 0 unspecified atom stereocenters. The van der Waals surface area contributed by atoms with Crippen LogP contribution in [0.1, 0.15) is 46.5 Å². The first-order chi connectivity index (χ1) is 15.7. The molecule has 0 atom stereocenters. The van der Waals surface area contributed by atoms with Gasteiger partial charge in [0.05, 0.1) is 16.9 Å². The van der Waals surface area contributed by atoms with E-state index in [4.69, 9.17) is 0 Å². The molecule has 5 nitrogen and oxygen atoms in total. The van der Waals surface area contributed by atoms with E-state index in [0.29, 0.717) is 16.3 Å². The lowest BCUT2D eigenvalue weighted by atomic mass is 9.83. The number of amides is 1. The molecule has 2 N–H and O–H groups in total. The van der Waals surface area contributed by atoms with Crippen LogP contribution in [-0.4, -0.2) is 22.0 Å². The molecule has 0 aliphatic heterocycles. The normalized spacial score (nSPS) is 11.2. The molecule has 1 amide bonds. The lowest BCUT2D eigenvalue weighted by Crippen LogP contribution is -2.19. The van der Waals surface area contributed by atoms with Gasteiger partial charge in [-0.25, -0.2) is 9.78 Å². The molecule has 0 saturated heterocycles. The maximum atomic E-state index is 13.2. The average molecular weight is 457 g/mol. The van der Waals surface area contributed by atoms with E-state index in [1.807, 2.05) is 48.5 Å². The van der Waals surface area contributed by atoms with E-state index in [1.165, 1.54) is 17.4 Å². The standard InChI is InChI=1S/C27H24N2O3S/c1-27(2,3)21-14-8-13-20(17-9-5-4-6-10-17)23(21)29-24(30)25-28-22(16-33-25)18-11-7-12-19(15-18)26(31)32/h4-16H,1-3H3,(H,29,30)(H,31,32). The van der Waals surface area contributed by atoms with Crippen LogP contribution >= 0.6 is 11.3 Å². The number of anilines is 1. The second-order valence-electron chi connectivity index (χ2n) is 8.72. The SMILES string of the molecule is CC(C)(C)c1cccc(-c2ccccc2)c1NC(=O)c1nc(-c2cccc(C(=O)O)c2)cs1. The first-order valence-electron chi connectivity index (χ1n) is 10.5. The van der Waals surface area contributed by atoms with Gasteiger partial charge in [-0.05, 0) is 28.7 Å². The molecule has 3 aromatic carbocycles. The third-order valence-corrected chi connectivity index (χ3v) is 6.14. The van der Waals surface area contributed by atoms with Gasteiger partial charge in [-0.2, -0.15) is 0 Å². The minimum absolute atomic E-state index is 0.179. The van der Waals surface area contributed by atoms with Gasteiger partial charge in [0.1, 0.15) is 0 Å². The molecule has 0 aliphatic carbocycles. The Morgan fingerprint density at radius 3 is 2.30 bits per heavy atom. The van der Waals surface area contributed by atoms with Crippen LogP contribution in [0.4, 0.5) is 5.69 Å². The lowest BCUT2D eigenvalue weighted by Gasteiger charge is -2.25. The molecule has 0 saturated carbocycles. The highest BCUT2D eigenvalue weighted by atomic mass is 32.1. The molecule has 4 rings (SSSR count). The molecule has 1 aromatic heterocycles. The van der Waals surface area contributed by atoms with Crippen molar-refractivity contribution in [2.75, 3.05) is 5.32 Å². The van der Waals surface area contributed by atoms with E-state index in [-0.39, 0.29) is 16.9 Å². The molecular weight excluding hydrogens is 432 g/mol. The van der Waals surface area contributed by atoms with Gasteiger partial charge in [0.15, 0.2) is 5.01 Å². The highest BCUT2D eigenvalue weighted by Crippen LogP contribution is 2.38. The Hall–Kier alpha value is -3.77. The summed E-state index contributed by atoms with van der Waals surface area (Å²) in [6, 6.07) is 22.5. The number of nitrogens with one attached hydrogen (secondary N) is 1. The molecule has 0 spiro atoms. The zero-order valence-corrected chi connectivity index (χ0v) is 19.4. The summed E-state index contributed by atoms with van der Waals surface area (Å²) >= 11 is 1.23. The third-order valence-electron chi connectivity index (χ3n) is 5.30. The minimum atomic E-state index is -1.00. The number of para-hydroxylation sites is 1. The number of benzene rings is 3. The molecule has 1 heterocycles. The van der Waals surface area contributed by atoms with Gasteiger partial charge in [-0.15, -0.1) is 11.3 Å². The first-order valence-corrected chi connectivity index (χ1v) is 11.4. The fourth-order valence-corrected chi connectivity index (χ4v) is 4.38. The predicted molar refractivity (Wildman–Crippen MR) is 133 cm³/mol. The number of aromatic carboxylic acids is 1. The van der Waals surface area contributed by atoms with Crippen molar-refractivity contribution in [3.05, 3.63) is 94.3 Å². The molecule has 0 aliphatic rings. The van der Waals surface area contributed by atoms with Crippen molar-refractivity contribution < 1.29 is 14.7 Å². The fourth-order valence-electron chi connectivity index (χ4n) is 3.66. The molecule has 33 heavy (non-hydrogen) atoms. The highest BCUT2D eigenvalue weighted by Gasteiger charge is 2.23. The first kappa shape index (κ1) is 22.4. The van der Waals surface area contributed by atoms with Gasteiger partial charge >= 0.3 is 5.97 Å². The van der Waals surface area contributed by atoms with Crippen molar-refractivity contribution >= 4 is 28.9 Å². The van der Waals surface area contributed by atoms with Crippen LogP contribution in [0.3, 0.4) is 0 Å². The molecule has 6 heteroatoms. The number of carbonyl (C=O) groups is 2. The number of hydrogen-bond donors (Lipinski definition) is 2. The number of thiazole rings is 1. The van der Waals surface area contributed by atoms with Crippen LogP contribution < -0.4 is 5.32 Å². The fraction of sp³-hybridized carbons (Fsp3) is 0.148. The van der Waals surface area contributed by atoms with E-state index in [1.54, 1.807) is 23.6 Å². The van der Waals surface area contributed by atoms with Gasteiger partial charge < -0.3 is 10.4 Å². The summed E-state index contributed by atoms with van der Waals surface area (Å²) in [5.74, 6) is -1.30. The highest BCUT2D eigenvalue weighted by molar-refractivity contribution is 7.12. The number of rotatable bonds is 5. The summed E-state index contributed by atoms with van der Waals surface area (Å²) in [6.45, 7) is 6.34. The average Bonchev–Trinajstić information content (AvgIpc) is 3.30. The van der Waals surface area contributed by atoms with Gasteiger partial charge in [-0.1, -0.05) is 81.4 Å². The summed E-state index contributed by atoms with van der Waals surface area (Å²) in [4.78, 5) is 29.0. The molecule has 166 valence electrons. The maximum Gasteiger partial charge on any atom is 0.335 e.